The van der Waals surface area contributed by atoms with E-state index in [9.17, 15) is 9.90 Å². The van der Waals surface area contributed by atoms with Gasteiger partial charge in [0.1, 0.15) is 5.82 Å². The monoisotopic (exact) mass is 250 g/mol. The van der Waals surface area contributed by atoms with Crippen LogP contribution >= 0.6 is 0 Å². The summed E-state index contributed by atoms with van der Waals surface area (Å²) >= 11 is 0. The first-order chi connectivity index (χ1) is 8.67. The zero-order valence-corrected chi connectivity index (χ0v) is 11.2. The predicted octanol–water partition coefficient (Wildman–Crippen LogP) is 2.90. The number of aryl methyl sites for hydroxylation is 1. The highest BCUT2D eigenvalue weighted by molar-refractivity contribution is 5.70. The summed E-state index contributed by atoms with van der Waals surface area (Å²) in [4.78, 5) is 15.7. The van der Waals surface area contributed by atoms with Crippen LogP contribution in [0.15, 0.2) is 12.4 Å². The van der Waals surface area contributed by atoms with E-state index in [2.05, 4.69) is 23.4 Å². The molecule has 0 bridgehead atoms. The molecule has 0 saturated heterocycles. The normalized spacial score (nSPS) is 28.2. The lowest BCUT2D eigenvalue weighted by atomic mass is 9.77. The standard InChI is InChI=1S/C14H22N2O2/c1-3-10-5-6-11(14(17)18)12(9-10)16-8-7-15-13(16)4-2/h7-8,10-12H,3-6,9H2,1-2H3,(H,17,18). The van der Waals surface area contributed by atoms with E-state index in [1.54, 1.807) is 6.20 Å². The fraction of sp³-hybridized carbons (Fsp3) is 0.714. The van der Waals surface area contributed by atoms with E-state index in [4.69, 9.17) is 0 Å². The Labute approximate surface area is 108 Å². The second-order valence-corrected chi connectivity index (χ2v) is 5.20. The Hall–Kier alpha value is -1.32. The lowest BCUT2D eigenvalue weighted by Gasteiger charge is -2.35. The van der Waals surface area contributed by atoms with Gasteiger partial charge in [-0.15, -0.1) is 0 Å². The zero-order chi connectivity index (χ0) is 13.1. The number of imidazole rings is 1. The Morgan fingerprint density at radius 3 is 2.89 bits per heavy atom. The molecular formula is C14H22N2O2. The molecular weight excluding hydrogens is 228 g/mol. The molecule has 0 aliphatic heterocycles. The molecule has 1 aliphatic rings. The topological polar surface area (TPSA) is 55.1 Å². The number of carboxylic acid groups (broad SMARTS) is 1. The molecule has 4 nitrogen and oxygen atoms in total. The van der Waals surface area contributed by atoms with Crippen molar-refractivity contribution in [3.63, 3.8) is 0 Å². The lowest BCUT2D eigenvalue weighted by molar-refractivity contribution is -0.145. The molecule has 4 heteroatoms. The van der Waals surface area contributed by atoms with Gasteiger partial charge in [0.15, 0.2) is 0 Å². The average molecular weight is 250 g/mol. The molecule has 0 amide bonds. The molecule has 3 atom stereocenters. The Balaban J connectivity index is 2.27. The Morgan fingerprint density at radius 1 is 1.50 bits per heavy atom. The molecule has 1 N–H and O–H groups in total. The van der Waals surface area contributed by atoms with Crippen molar-refractivity contribution in [1.29, 1.82) is 0 Å². The Kier molecular flexibility index (Phi) is 4.04. The first-order valence-electron chi connectivity index (χ1n) is 6.91. The minimum atomic E-state index is -0.662. The van der Waals surface area contributed by atoms with Crippen LogP contribution in [0.25, 0.3) is 0 Å². The fourth-order valence-corrected chi connectivity index (χ4v) is 3.12. The van der Waals surface area contributed by atoms with Gasteiger partial charge in [0.05, 0.1) is 5.92 Å². The van der Waals surface area contributed by atoms with Crippen LogP contribution in [-0.4, -0.2) is 20.6 Å². The maximum absolute atomic E-state index is 11.4. The quantitative estimate of drug-likeness (QED) is 0.894. The molecule has 1 aromatic rings. The van der Waals surface area contributed by atoms with Gasteiger partial charge < -0.3 is 9.67 Å². The van der Waals surface area contributed by atoms with E-state index in [1.165, 1.54) is 0 Å². The second kappa shape index (κ2) is 5.55. The van der Waals surface area contributed by atoms with Crippen molar-refractivity contribution in [2.45, 2.75) is 52.0 Å². The number of aliphatic carboxylic acids is 1. The molecule has 3 unspecified atom stereocenters. The number of nitrogens with zero attached hydrogens (tertiary/aromatic N) is 2. The summed E-state index contributed by atoms with van der Waals surface area (Å²) in [6, 6.07) is 0.0821. The molecule has 1 aromatic heterocycles. The summed E-state index contributed by atoms with van der Waals surface area (Å²) in [7, 11) is 0. The van der Waals surface area contributed by atoms with Gasteiger partial charge in [0.2, 0.25) is 0 Å². The van der Waals surface area contributed by atoms with E-state index in [-0.39, 0.29) is 12.0 Å². The van der Waals surface area contributed by atoms with Crippen LogP contribution in [0.1, 0.15) is 51.4 Å². The highest BCUT2D eigenvalue weighted by Crippen LogP contribution is 2.39. The summed E-state index contributed by atoms with van der Waals surface area (Å²) < 4.78 is 2.10. The molecule has 1 fully saturated rings. The number of aromatic nitrogens is 2. The van der Waals surface area contributed by atoms with Crippen molar-refractivity contribution in [1.82, 2.24) is 9.55 Å². The van der Waals surface area contributed by atoms with Crippen LogP contribution in [-0.2, 0) is 11.2 Å². The van der Waals surface area contributed by atoms with E-state index in [0.29, 0.717) is 5.92 Å². The van der Waals surface area contributed by atoms with Gasteiger partial charge >= 0.3 is 5.97 Å². The van der Waals surface area contributed by atoms with Gasteiger partial charge in [-0.2, -0.15) is 0 Å². The van der Waals surface area contributed by atoms with Crippen molar-refractivity contribution in [2.24, 2.45) is 11.8 Å². The molecule has 100 valence electrons. The van der Waals surface area contributed by atoms with Crippen LogP contribution < -0.4 is 0 Å². The lowest BCUT2D eigenvalue weighted by Crippen LogP contribution is -2.33. The average Bonchev–Trinajstić information content (AvgIpc) is 2.85. The SMILES string of the molecule is CCc1nccn1C1CC(CC)CCC1C(=O)O. The smallest absolute Gasteiger partial charge is 0.308 e. The third-order valence-electron chi connectivity index (χ3n) is 4.24. The number of hydrogen-bond acceptors (Lipinski definition) is 2. The Bertz CT molecular complexity index is 414. The minimum Gasteiger partial charge on any atom is -0.481 e. The third-order valence-corrected chi connectivity index (χ3v) is 4.24. The van der Waals surface area contributed by atoms with Crippen molar-refractivity contribution < 1.29 is 9.90 Å². The van der Waals surface area contributed by atoms with Crippen LogP contribution in [0.5, 0.6) is 0 Å². The molecule has 0 spiro atoms. The molecule has 18 heavy (non-hydrogen) atoms. The summed E-state index contributed by atoms with van der Waals surface area (Å²) in [5.74, 6) is 0.735. The van der Waals surface area contributed by atoms with Crippen molar-refractivity contribution in [3.05, 3.63) is 18.2 Å². The Morgan fingerprint density at radius 2 is 2.28 bits per heavy atom. The molecule has 1 saturated carbocycles. The van der Waals surface area contributed by atoms with Crippen molar-refractivity contribution >= 4 is 5.97 Å². The van der Waals surface area contributed by atoms with E-state index in [0.717, 1.165) is 37.9 Å². The number of carboxylic acids is 1. The van der Waals surface area contributed by atoms with E-state index >= 15 is 0 Å². The van der Waals surface area contributed by atoms with Gasteiger partial charge in [-0.05, 0) is 25.2 Å². The molecule has 1 heterocycles. The summed E-state index contributed by atoms with van der Waals surface area (Å²) in [5, 5.41) is 9.40. The van der Waals surface area contributed by atoms with Crippen LogP contribution in [0.3, 0.4) is 0 Å². The first kappa shape index (κ1) is 13.1. The van der Waals surface area contributed by atoms with Gasteiger partial charge in [-0.3, -0.25) is 4.79 Å². The molecule has 1 aliphatic carbocycles. The molecule has 0 radical (unpaired) electrons. The second-order valence-electron chi connectivity index (χ2n) is 5.20. The highest BCUT2D eigenvalue weighted by Gasteiger charge is 2.36. The fourth-order valence-electron chi connectivity index (χ4n) is 3.12. The van der Waals surface area contributed by atoms with Gasteiger partial charge in [-0.1, -0.05) is 20.3 Å². The maximum atomic E-state index is 11.4. The predicted molar refractivity (Wildman–Crippen MR) is 69.4 cm³/mol. The number of carbonyl (C=O) groups is 1. The molecule has 2 rings (SSSR count). The first-order valence-corrected chi connectivity index (χ1v) is 6.91. The van der Waals surface area contributed by atoms with Crippen LogP contribution in [0.2, 0.25) is 0 Å². The van der Waals surface area contributed by atoms with Gasteiger partial charge in [-0.25, -0.2) is 4.98 Å². The van der Waals surface area contributed by atoms with Gasteiger partial charge in [0, 0.05) is 24.9 Å². The van der Waals surface area contributed by atoms with Crippen LogP contribution in [0.4, 0.5) is 0 Å². The number of hydrogen-bond donors (Lipinski definition) is 1. The van der Waals surface area contributed by atoms with Crippen LogP contribution in [0, 0.1) is 11.8 Å². The van der Waals surface area contributed by atoms with Gasteiger partial charge in [0.25, 0.3) is 0 Å². The van der Waals surface area contributed by atoms with E-state index in [1.807, 2.05) is 6.20 Å². The number of rotatable bonds is 4. The van der Waals surface area contributed by atoms with Crippen molar-refractivity contribution in [2.75, 3.05) is 0 Å². The highest BCUT2D eigenvalue weighted by atomic mass is 16.4. The van der Waals surface area contributed by atoms with E-state index < -0.39 is 5.97 Å². The third kappa shape index (κ3) is 2.42. The summed E-state index contributed by atoms with van der Waals surface area (Å²) in [5.41, 5.74) is 0. The van der Waals surface area contributed by atoms with Crippen molar-refractivity contribution in [3.8, 4) is 0 Å². The summed E-state index contributed by atoms with van der Waals surface area (Å²) in [6.07, 6.45) is 8.52. The largest absolute Gasteiger partial charge is 0.481 e. The zero-order valence-electron chi connectivity index (χ0n) is 11.2. The maximum Gasteiger partial charge on any atom is 0.308 e. The molecule has 0 aromatic carbocycles. The minimum absolute atomic E-state index is 0.0821. The summed E-state index contributed by atoms with van der Waals surface area (Å²) in [6.45, 7) is 4.26.